The molecule has 314 valence electrons. The molecule has 10 unspecified atom stereocenters. The van der Waals surface area contributed by atoms with E-state index in [0.29, 0.717) is 36.3 Å². The number of hydrogen-bond acceptors (Lipinski definition) is 7. The van der Waals surface area contributed by atoms with Crippen molar-refractivity contribution < 1.29 is 19.1 Å². The molecule has 5 aliphatic carbocycles. The molecule has 7 nitrogen and oxygen atoms in total. The number of carbonyl (C=O) groups excluding carboxylic acids is 2. The van der Waals surface area contributed by atoms with Crippen LogP contribution in [0.15, 0.2) is 88.9 Å². The maximum absolute atomic E-state index is 15.9. The third-order valence-corrected chi connectivity index (χ3v) is 17.9. The van der Waals surface area contributed by atoms with Crippen LogP contribution in [0.2, 0.25) is 0 Å². The van der Waals surface area contributed by atoms with Gasteiger partial charge >= 0.3 is 11.9 Å². The molecule has 3 spiro atoms. The molecule has 2 aromatic rings. The van der Waals surface area contributed by atoms with E-state index in [9.17, 15) is 4.79 Å². The van der Waals surface area contributed by atoms with Crippen molar-refractivity contribution in [3.05, 3.63) is 117 Å². The van der Waals surface area contributed by atoms with Crippen LogP contribution in [0.1, 0.15) is 117 Å². The molecule has 1 saturated carbocycles. The highest BCUT2D eigenvalue weighted by molar-refractivity contribution is 6.00. The van der Waals surface area contributed by atoms with Crippen molar-refractivity contribution in [1.82, 2.24) is 9.80 Å². The number of allylic oxidation sites excluding steroid dienone is 4. The van der Waals surface area contributed by atoms with E-state index in [4.69, 9.17) is 15.2 Å². The molecule has 8 heterocycles. The zero-order valence-electron chi connectivity index (χ0n) is 35.9. The number of piperidine rings is 2. The van der Waals surface area contributed by atoms with Crippen LogP contribution >= 0.6 is 0 Å². The smallest absolute Gasteiger partial charge is 0.339 e. The molecular formula is C53H63N3O4. The number of benzene rings is 2. The van der Waals surface area contributed by atoms with Crippen LogP contribution in [-0.4, -0.2) is 60.5 Å². The lowest BCUT2D eigenvalue weighted by atomic mass is 9.29. The van der Waals surface area contributed by atoms with Crippen molar-refractivity contribution in [3.63, 3.8) is 0 Å². The van der Waals surface area contributed by atoms with Crippen molar-refractivity contribution in [1.29, 1.82) is 0 Å². The molecule has 15 rings (SSSR count). The molecule has 0 radical (unpaired) electrons. The van der Waals surface area contributed by atoms with Crippen LogP contribution in [-0.2, 0) is 39.1 Å². The van der Waals surface area contributed by atoms with Crippen molar-refractivity contribution in [2.45, 2.75) is 115 Å². The summed E-state index contributed by atoms with van der Waals surface area (Å²) in [5, 5.41) is 0. The molecule has 3 saturated heterocycles. The summed E-state index contributed by atoms with van der Waals surface area (Å²) in [6.45, 7) is 9.88. The zero-order chi connectivity index (χ0) is 40.5. The Bertz CT molecular complexity index is 2290. The molecule has 13 aliphatic rings. The van der Waals surface area contributed by atoms with Crippen molar-refractivity contribution in [2.75, 3.05) is 32.7 Å². The summed E-state index contributed by atoms with van der Waals surface area (Å²) in [4.78, 5) is 36.3. The SMILES string of the molecule is CCCC1CC=C2OC(=O)C34C5=C6CCC23C2(OC(=O)c3c(CCCN)cccc32)C4CCCCc2cccc(c2)CC(=C5)C2C(C)CC=C(C62)N2CC3CC(C2)CN1C3. The van der Waals surface area contributed by atoms with E-state index in [2.05, 4.69) is 84.3 Å². The maximum Gasteiger partial charge on any atom is 0.339 e. The van der Waals surface area contributed by atoms with E-state index in [1.54, 1.807) is 0 Å². The first-order chi connectivity index (χ1) is 29.3. The lowest BCUT2D eigenvalue weighted by Crippen LogP contribution is -2.77. The number of rotatable bonds is 5. The van der Waals surface area contributed by atoms with Gasteiger partial charge in [0.25, 0.3) is 0 Å². The van der Waals surface area contributed by atoms with Gasteiger partial charge in [0.2, 0.25) is 0 Å². The fourth-order valence-electron chi connectivity index (χ4n) is 16.0. The summed E-state index contributed by atoms with van der Waals surface area (Å²) < 4.78 is 14.2. The van der Waals surface area contributed by atoms with Crippen LogP contribution in [0.5, 0.6) is 0 Å². The highest BCUT2D eigenvalue weighted by Gasteiger charge is 2.92. The average molecular weight is 806 g/mol. The standard InChI is InChI=1S/C53H63N3O4/c1-3-9-39-18-20-45-51-22-21-40-42-27-38(46-32(2)17-19-43(48(40)46)56-30-35-25-36(31-56)29-55(39)28-35)26-34-12-6-11-33(24-34)10-4-5-16-44(52(42,51)50(58)59-45)53(51)41-15-7-13-37(14-8-23-54)47(41)49(57)60-53/h6-7,11-13,15,19-20,24,27,32,35-36,39,44,46,48H,3-5,8-10,14,16-18,21-23,25-26,28-31,54H2,1-2H3. The molecule has 10 atom stereocenters. The van der Waals surface area contributed by atoms with Gasteiger partial charge in [-0.15, -0.1) is 0 Å². The third kappa shape index (κ3) is 4.85. The fourth-order valence-corrected chi connectivity index (χ4v) is 16.0. The first kappa shape index (κ1) is 37.8. The molecule has 2 aromatic carbocycles. The van der Waals surface area contributed by atoms with E-state index in [-0.39, 0.29) is 23.8 Å². The van der Waals surface area contributed by atoms with E-state index in [1.165, 1.54) is 40.0 Å². The number of esters is 2. The Hall–Kier alpha value is -3.94. The number of carbonyl (C=O) groups is 2. The highest BCUT2D eigenvalue weighted by Crippen LogP contribution is 2.87. The Morgan fingerprint density at radius 3 is 2.62 bits per heavy atom. The van der Waals surface area contributed by atoms with Crippen LogP contribution in [0, 0.1) is 46.3 Å². The largest absolute Gasteiger partial charge is 0.449 e. The highest BCUT2D eigenvalue weighted by atomic mass is 16.6. The normalized spacial score (nSPS) is 39.4. The summed E-state index contributed by atoms with van der Waals surface area (Å²) in [5.41, 5.74) is 14.5. The van der Waals surface area contributed by atoms with Crippen LogP contribution in [0.4, 0.5) is 0 Å². The van der Waals surface area contributed by atoms with Crippen molar-refractivity contribution in [3.8, 4) is 0 Å². The number of nitrogens with zero attached hydrogens (tertiary/aromatic N) is 2. The summed E-state index contributed by atoms with van der Waals surface area (Å²) in [5.74, 6) is 2.62. The molecule has 7 heteroatoms. The van der Waals surface area contributed by atoms with E-state index in [1.807, 2.05) is 0 Å². The lowest BCUT2D eigenvalue weighted by Gasteiger charge is -2.71. The monoisotopic (exact) mass is 805 g/mol. The number of hydrogen-bond donors (Lipinski definition) is 1. The Balaban J connectivity index is 1.15. The van der Waals surface area contributed by atoms with Gasteiger partial charge in [-0.25, -0.2) is 4.79 Å². The molecular weight excluding hydrogens is 743 g/mol. The lowest BCUT2D eigenvalue weighted by molar-refractivity contribution is -0.275. The number of nitrogens with two attached hydrogens (primary N) is 1. The van der Waals surface area contributed by atoms with Crippen molar-refractivity contribution in [2.24, 2.45) is 52.1 Å². The molecule has 0 amide bonds. The average Bonchev–Trinajstić information content (AvgIpc) is 3.69. The van der Waals surface area contributed by atoms with Gasteiger partial charge in [-0.05, 0) is 136 Å². The van der Waals surface area contributed by atoms with E-state index in [0.717, 1.165) is 132 Å². The Morgan fingerprint density at radius 2 is 1.78 bits per heavy atom. The van der Waals surface area contributed by atoms with Gasteiger partial charge in [-0.2, -0.15) is 0 Å². The summed E-state index contributed by atoms with van der Waals surface area (Å²) >= 11 is 0. The first-order valence-corrected chi connectivity index (χ1v) is 24.0. The predicted molar refractivity (Wildman–Crippen MR) is 232 cm³/mol. The number of aryl methyl sites for hydroxylation is 2. The maximum atomic E-state index is 15.9. The summed E-state index contributed by atoms with van der Waals surface area (Å²) in [6.07, 6.45) is 20.8. The summed E-state index contributed by atoms with van der Waals surface area (Å²) in [6, 6.07) is 16.2. The minimum Gasteiger partial charge on any atom is -0.449 e. The van der Waals surface area contributed by atoms with Crippen LogP contribution in [0.25, 0.3) is 0 Å². The molecule has 8 aliphatic heterocycles. The van der Waals surface area contributed by atoms with E-state index < -0.39 is 16.4 Å². The van der Waals surface area contributed by atoms with Gasteiger partial charge in [-0.3, -0.25) is 9.69 Å². The molecule has 4 fully saturated rings. The predicted octanol–water partition coefficient (Wildman–Crippen LogP) is 8.97. The van der Waals surface area contributed by atoms with Gasteiger partial charge in [-0.1, -0.05) is 92.5 Å². The Labute approximate surface area is 356 Å². The molecule has 13 bridgehead atoms. The number of ether oxygens (including phenoxy) is 2. The molecule has 60 heavy (non-hydrogen) atoms. The van der Waals surface area contributed by atoms with Gasteiger partial charge < -0.3 is 20.1 Å². The van der Waals surface area contributed by atoms with Crippen LogP contribution in [0.3, 0.4) is 0 Å². The second-order valence-electron chi connectivity index (χ2n) is 20.8. The van der Waals surface area contributed by atoms with Gasteiger partial charge in [0.05, 0.1) is 11.0 Å². The minimum absolute atomic E-state index is 0.0968. The second kappa shape index (κ2) is 13.8. The van der Waals surface area contributed by atoms with Crippen LogP contribution < -0.4 is 5.73 Å². The van der Waals surface area contributed by atoms with Gasteiger partial charge in [0, 0.05) is 55.3 Å². The van der Waals surface area contributed by atoms with E-state index >= 15 is 4.79 Å². The third-order valence-electron chi connectivity index (χ3n) is 17.9. The first-order valence-electron chi connectivity index (χ1n) is 24.0. The Morgan fingerprint density at radius 1 is 0.950 bits per heavy atom. The number of fused-ring (bicyclic) bond motifs is 6. The second-order valence-corrected chi connectivity index (χ2v) is 20.8. The zero-order valence-corrected chi connectivity index (χ0v) is 35.9. The molecule has 2 N–H and O–H groups in total. The topological polar surface area (TPSA) is 85.1 Å². The summed E-state index contributed by atoms with van der Waals surface area (Å²) in [7, 11) is 0. The van der Waals surface area contributed by atoms with Gasteiger partial charge in [0.1, 0.15) is 11.2 Å². The molecule has 0 aromatic heterocycles. The Kier molecular flexibility index (Phi) is 8.68. The van der Waals surface area contributed by atoms with Crippen molar-refractivity contribution >= 4 is 11.9 Å². The minimum atomic E-state index is -0.995. The fraction of sp³-hybridized carbons (Fsp3) is 0.585. The quantitative estimate of drug-likeness (QED) is 0.302. The van der Waals surface area contributed by atoms with Gasteiger partial charge in [0.15, 0.2) is 5.60 Å².